The maximum Gasteiger partial charge on any atom is 0.573 e. The van der Waals surface area contributed by atoms with Crippen LogP contribution in [0.15, 0.2) is 24.3 Å². The first kappa shape index (κ1) is 15.5. The Balaban J connectivity index is 1.85. The molecule has 1 aliphatic rings. The molecule has 0 amide bonds. The predicted octanol–water partition coefficient (Wildman–Crippen LogP) is 2.71. The van der Waals surface area contributed by atoms with E-state index in [9.17, 15) is 18.3 Å². The largest absolute Gasteiger partial charge is 0.573 e. The van der Waals surface area contributed by atoms with Gasteiger partial charge in [-0.15, -0.1) is 13.2 Å². The van der Waals surface area contributed by atoms with Gasteiger partial charge in [0.05, 0.1) is 6.10 Å². The number of alkyl halides is 3. The number of aliphatic hydroxyl groups is 1. The van der Waals surface area contributed by atoms with Crippen LogP contribution < -0.4 is 10.1 Å². The highest BCUT2D eigenvalue weighted by Crippen LogP contribution is 2.24. The van der Waals surface area contributed by atoms with Crippen molar-refractivity contribution in [3.05, 3.63) is 29.8 Å². The molecule has 0 saturated carbocycles. The molecule has 0 aromatic heterocycles. The van der Waals surface area contributed by atoms with Crippen LogP contribution in [-0.4, -0.2) is 35.6 Å². The molecular formula is C13H16F3NO2S. The molecule has 2 N–H and O–H groups in total. The third-order valence-electron chi connectivity index (χ3n) is 3.03. The van der Waals surface area contributed by atoms with E-state index in [1.54, 1.807) is 0 Å². The molecule has 2 rings (SSSR count). The Morgan fingerprint density at radius 3 is 2.60 bits per heavy atom. The maximum absolute atomic E-state index is 12.0. The Hall–Kier alpha value is -0.920. The summed E-state index contributed by atoms with van der Waals surface area (Å²) >= 11 is 1.87. The van der Waals surface area contributed by atoms with Crippen LogP contribution in [0, 0.1) is 0 Å². The predicted molar refractivity (Wildman–Crippen MR) is 71.8 cm³/mol. The Kier molecular flexibility index (Phi) is 5.17. The van der Waals surface area contributed by atoms with E-state index in [4.69, 9.17) is 0 Å². The van der Waals surface area contributed by atoms with Gasteiger partial charge in [0.15, 0.2) is 0 Å². The SMILES string of the molecule is O[C@@H](CN[C@H]1CCSC1)c1ccc(OC(F)(F)F)cc1. The van der Waals surface area contributed by atoms with Crippen LogP contribution in [0.2, 0.25) is 0 Å². The van der Waals surface area contributed by atoms with E-state index in [2.05, 4.69) is 10.1 Å². The minimum Gasteiger partial charge on any atom is -0.406 e. The second kappa shape index (κ2) is 6.69. The summed E-state index contributed by atoms with van der Waals surface area (Å²) < 4.78 is 39.8. The van der Waals surface area contributed by atoms with Gasteiger partial charge in [-0.3, -0.25) is 0 Å². The Morgan fingerprint density at radius 2 is 2.05 bits per heavy atom. The summed E-state index contributed by atoms with van der Waals surface area (Å²) in [6.45, 7) is 0.394. The number of halogens is 3. The molecule has 1 aromatic carbocycles. The number of rotatable bonds is 5. The van der Waals surface area contributed by atoms with Crippen LogP contribution in [0.3, 0.4) is 0 Å². The molecule has 3 nitrogen and oxygen atoms in total. The first-order valence-corrected chi connectivity index (χ1v) is 7.44. The first-order valence-electron chi connectivity index (χ1n) is 6.29. The van der Waals surface area contributed by atoms with E-state index in [1.807, 2.05) is 11.8 Å². The Morgan fingerprint density at radius 1 is 1.35 bits per heavy atom. The van der Waals surface area contributed by atoms with Crippen molar-refractivity contribution >= 4 is 11.8 Å². The molecule has 7 heteroatoms. The van der Waals surface area contributed by atoms with Gasteiger partial charge in [-0.2, -0.15) is 11.8 Å². The molecule has 1 heterocycles. The number of benzene rings is 1. The van der Waals surface area contributed by atoms with E-state index >= 15 is 0 Å². The van der Waals surface area contributed by atoms with E-state index in [1.165, 1.54) is 24.3 Å². The van der Waals surface area contributed by atoms with Crippen molar-refractivity contribution in [3.63, 3.8) is 0 Å². The summed E-state index contributed by atoms with van der Waals surface area (Å²) in [6.07, 6.45) is -4.35. The fourth-order valence-corrected chi connectivity index (χ4v) is 3.17. The molecule has 2 atom stereocenters. The minimum absolute atomic E-state index is 0.284. The maximum atomic E-state index is 12.0. The van der Waals surface area contributed by atoms with E-state index in [-0.39, 0.29) is 5.75 Å². The van der Waals surface area contributed by atoms with Gasteiger partial charge in [-0.05, 0) is 29.9 Å². The van der Waals surface area contributed by atoms with Crippen molar-refractivity contribution in [2.75, 3.05) is 18.1 Å². The zero-order valence-corrected chi connectivity index (χ0v) is 11.5. The van der Waals surface area contributed by atoms with Gasteiger partial charge in [0, 0.05) is 18.3 Å². The van der Waals surface area contributed by atoms with Crippen LogP contribution in [0.5, 0.6) is 5.75 Å². The lowest BCUT2D eigenvalue weighted by atomic mass is 10.1. The van der Waals surface area contributed by atoms with Crippen molar-refractivity contribution in [1.29, 1.82) is 0 Å². The molecule has 1 saturated heterocycles. The van der Waals surface area contributed by atoms with Gasteiger partial charge in [-0.1, -0.05) is 12.1 Å². The number of hydrogen-bond acceptors (Lipinski definition) is 4. The van der Waals surface area contributed by atoms with Crippen LogP contribution in [0.1, 0.15) is 18.1 Å². The van der Waals surface area contributed by atoms with Gasteiger partial charge in [0.1, 0.15) is 5.75 Å². The molecule has 1 aliphatic heterocycles. The third kappa shape index (κ3) is 4.88. The topological polar surface area (TPSA) is 41.5 Å². The normalized spacial score (nSPS) is 20.9. The second-order valence-corrected chi connectivity index (χ2v) is 5.75. The van der Waals surface area contributed by atoms with E-state index < -0.39 is 12.5 Å². The van der Waals surface area contributed by atoms with E-state index in [0.717, 1.165) is 17.9 Å². The number of nitrogens with one attached hydrogen (secondary N) is 1. The lowest BCUT2D eigenvalue weighted by Gasteiger charge is -2.16. The zero-order chi connectivity index (χ0) is 14.6. The van der Waals surface area contributed by atoms with Crippen molar-refractivity contribution in [2.45, 2.75) is 24.9 Å². The van der Waals surface area contributed by atoms with Crippen molar-refractivity contribution in [1.82, 2.24) is 5.32 Å². The smallest absolute Gasteiger partial charge is 0.406 e. The monoisotopic (exact) mass is 307 g/mol. The van der Waals surface area contributed by atoms with Crippen molar-refractivity contribution in [2.24, 2.45) is 0 Å². The Bertz CT molecular complexity index is 419. The fourth-order valence-electron chi connectivity index (χ4n) is 1.98. The fraction of sp³-hybridized carbons (Fsp3) is 0.538. The molecule has 20 heavy (non-hydrogen) atoms. The van der Waals surface area contributed by atoms with Crippen molar-refractivity contribution in [3.8, 4) is 5.75 Å². The average molecular weight is 307 g/mol. The number of ether oxygens (including phenoxy) is 1. The van der Waals surface area contributed by atoms with Crippen molar-refractivity contribution < 1.29 is 23.0 Å². The highest BCUT2D eigenvalue weighted by molar-refractivity contribution is 7.99. The Labute approximate surface area is 119 Å². The van der Waals surface area contributed by atoms with Crippen LogP contribution in [0.25, 0.3) is 0 Å². The van der Waals surface area contributed by atoms with Gasteiger partial charge >= 0.3 is 6.36 Å². The quantitative estimate of drug-likeness (QED) is 0.878. The first-order chi connectivity index (χ1) is 9.44. The molecule has 0 unspecified atom stereocenters. The minimum atomic E-state index is -4.69. The average Bonchev–Trinajstić information content (AvgIpc) is 2.88. The second-order valence-electron chi connectivity index (χ2n) is 4.60. The summed E-state index contributed by atoms with van der Waals surface area (Å²) in [5, 5.41) is 13.2. The van der Waals surface area contributed by atoms with Gasteiger partial charge in [0.2, 0.25) is 0 Å². The number of thioether (sulfide) groups is 1. The third-order valence-corrected chi connectivity index (χ3v) is 4.19. The molecule has 1 aromatic rings. The molecule has 0 bridgehead atoms. The summed E-state index contributed by atoms with van der Waals surface area (Å²) in [4.78, 5) is 0. The summed E-state index contributed by atoms with van der Waals surface area (Å²) in [7, 11) is 0. The molecular weight excluding hydrogens is 291 g/mol. The molecule has 1 fully saturated rings. The number of aliphatic hydroxyl groups excluding tert-OH is 1. The van der Waals surface area contributed by atoms with Crippen LogP contribution >= 0.6 is 11.8 Å². The number of hydrogen-bond donors (Lipinski definition) is 2. The standard InChI is InChI=1S/C13H16F3NO2S/c14-13(15,16)19-11-3-1-9(2-4-11)12(18)7-17-10-5-6-20-8-10/h1-4,10,12,17-18H,5-8H2/t10-,12-/m0/s1. The lowest BCUT2D eigenvalue weighted by molar-refractivity contribution is -0.274. The molecule has 0 spiro atoms. The highest BCUT2D eigenvalue weighted by Gasteiger charge is 2.31. The van der Waals surface area contributed by atoms with Crippen LogP contribution in [0.4, 0.5) is 13.2 Å². The zero-order valence-electron chi connectivity index (χ0n) is 10.7. The molecule has 0 aliphatic carbocycles. The highest BCUT2D eigenvalue weighted by atomic mass is 32.2. The summed E-state index contributed by atoms with van der Waals surface area (Å²) in [6, 6.07) is 5.70. The van der Waals surface area contributed by atoms with Gasteiger partial charge in [-0.25, -0.2) is 0 Å². The van der Waals surface area contributed by atoms with Gasteiger partial charge < -0.3 is 15.2 Å². The molecule has 112 valence electrons. The summed E-state index contributed by atoms with van der Waals surface area (Å²) in [5.74, 6) is 1.87. The van der Waals surface area contributed by atoms with Gasteiger partial charge in [0.25, 0.3) is 0 Å². The van der Waals surface area contributed by atoms with E-state index in [0.29, 0.717) is 18.2 Å². The molecule has 0 radical (unpaired) electrons. The lowest BCUT2D eigenvalue weighted by Crippen LogP contribution is -2.32. The van der Waals surface area contributed by atoms with Crippen LogP contribution in [-0.2, 0) is 0 Å². The summed E-state index contributed by atoms with van der Waals surface area (Å²) in [5.41, 5.74) is 0.567.